The van der Waals surface area contributed by atoms with Gasteiger partial charge in [-0.3, -0.25) is 4.79 Å². The van der Waals surface area contributed by atoms with E-state index in [0.717, 1.165) is 25.0 Å². The number of oxazole rings is 1. The van der Waals surface area contributed by atoms with Crippen molar-refractivity contribution < 1.29 is 31.9 Å². The van der Waals surface area contributed by atoms with Gasteiger partial charge in [0.2, 0.25) is 0 Å². The van der Waals surface area contributed by atoms with E-state index in [-0.39, 0.29) is 41.2 Å². The monoisotopic (exact) mass is 450 g/mol. The molecule has 1 saturated heterocycles. The molecule has 2 aliphatic rings. The molecule has 0 radical (unpaired) electrons. The molecule has 2 heterocycles. The van der Waals surface area contributed by atoms with Crippen molar-refractivity contribution in [2.45, 2.75) is 43.6 Å². The van der Waals surface area contributed by atoms with Crippen molar-refractivity contribution in [3.63, 3.8) is 0 Å². The molecule has 1 aliphatic carbocycles. The number of likely N-dealkylation sites (tertiary alicyclic amines) is 1. The quantitative estimate of drug-likeness (QED) is 0.647. The van der Waals surface area contributed by atoms with Crippen LogP contribution in [-0.4, -0.2) is 54.2 Å². The summed E-state index contributed by atoms with van der Waals surface area (Å²) in [6.45, 7) is 0.666. The van der Waals surface area contributed by atoms with Crippen molar-refractivity contribution in [2.75, 3.05) is 20.3 Å². The molecule has 1 aromatic heterocycles. The molecule has 1 aromatic carbocycles. The molecule has 0 bridgehead atoms. The van der Waals surface area contributed by atoms with E-state index in [9.17, 15) is 23.2 Å². The van der Waals surface area contributed by atoms with Crippen LogP contribution >= 0.6 is 0 Å². The molecule has 2 atom stereocenters. The van der Waals surface area contributed by atoms with Crippen molar-refractivity contribution in [3.8, 4) is 23.3 Å². The number of rotatable bonds is 7. The summed E-state index contributed by atoms with van der Waals surface area (Å²) in [5, 5.41) is 12.0. The lowest BCUT2D eigenvalue weighted by molar-refractivity contribution is -0.137. The molecule has 170 valence electrons. The fraction of sp³-hybridized carbons (Fsp3) is 0.476. The van der Waals surface area contributed by atoms with Gasteiger partial charge in [0, 0.05) is 19.7 Å². The summed E-state index contributed by atoms with van der Waals surface area (Å²) >= 11 is 0. The van der Waals surface area contributed by atoms with Gasteiger partial charge in [-0.05, 0) is 37.5 Å². The van der Waals surface area contributed by atoms with Crippen LogP contribution in [0.15, 0.2) is 28.8 Å². The second kappa shape index (κ2) is 8.70. The molecule has 4 rings (SSSR count). The zero-order valence-electron chi connectivity index (χ0n) is 17.2. The number of halogens is 3. The highest BCUT2D eigenvalue weighted by atomic mass is 19.4. The number of methoxy groups -OCH3 is 1. The third-order valence-corrected chi connectivity index (χ3v) is 5.33. The summed E-state index contributed by atoms with van der Waals surface area (Å²) in [6, 6.07) is 2.66. The normalized spacial score (nSPS) is 20.8. The first-order valence-electron chi connectivity index (χ1n) is 10.1. The van der Waals surface area contributed by atoms with Gasteiger partial charge in [0.15, 0.2) is 12.0 Å². The zero-order valence-corrected chi connectivity index (χ0v) is 17.2. The molecule has 2 fully saturated rings. The fourth-order valence-electron chi connectivity index (χ4n) is 3.61. The average molecular weight is 450 g/mol. The van der Waals surface area contributed by atoms with E-state index in [1.807, 2.05) is 0 Å². The first-order valence-corrected chi connectivity index (χ1v) is 10.1. The van der Waals surface area contributed by atoms with Gasteiger partial charge in [0.05, 0.1) is 36.1 Å². The third kappa shape index (κ3) is 4.80. The maximum absolute atomic E-state index is 13.2. The molecule has 0 unspecified atom stereocenters. The number of carbonyl (C=O) groups excluding carboxylic acids is 1. The van der Waals surface area contributed by atoms with Gasteiger partial charge in [0.25, 0.3) is 5.89 Å². The predicted molar refractivity (Wildman–Crippen MR) is 104 cm³/mol. The van der Waals surface area contributed by atoms with Crippen LogP contribution in [0.4, 0.5) is 13.2 Å². The second-order valence-corrected chi connectivity index (χ2v) is 7.82. The van der Waals surface area contributed by atoms with Gasteiger partial charge in [0.1, 0.15) is 5.75 Å². The third-order valence-electron chi connectivity index (χ3n) is 5.33. The summed E-state index contributed by atoms with van der Waals surface area (Å²) in [6.07, 6.45) is 0.856. The maximum Gasteiger partial charge on any atom is 0.416 e. The first-order chi connectivity index (χ1) is 15.3. The summed E-state index contributed by atoms with van der Waals surface area (Å²) in [5.74, 6) is -0.659. The van der Waals surface area contributed by atoms with E-state index in [4.69, 9.17) is 13.9 Å². The molecule has 1 N–H and O–H groups in total. The molecule has 0 spiro atoms. The van der Waals surface area contributed by atoms with Gasteiger partial charge >= 0.3 is 12.1 Å². The zero-order chi connectivity index (χ0) is 22.9. The Hall–Kier alpha value is -3.26. The van der Waals surface area contributed by atoms with E-state index in [2.05, 4.69) is 16.5 Å². The number of carbonyl (C=O) groups is 1. The number of hydrogen-bond donors (Lipinski definition) is 1. The van der Waals surface area contributed by atoms with Crippen LogP contribution in [0.3, 0.4) is 0 Å². The lowest BCUT2D eigenvalue weighted by atomic mass is 10.1. The second-order valence-electron chi connectivity index (χ2n) is 7.82. The van der Waals surface area contributed by atoms with E-state index in [1.54, 1.807) is 0 Å². The van der Waals surface area contributed by atoms with Crippen LogP contribution in [0.2, 0.25) is 0 Å². The lowest BCUT2D eigenvalue weighted by Gasteiger charge is -2.15. The van der Waals surface area contributed by atoms with E-state index >= 15 is 0 Å². The van der Waals surface area contributed by atoms with Gasteiger partial charge in [-0.1, -0.05) is 0 Å². The Balaban J connectivity index is 1.52. The molecular weight excluding hydrogens is 429 g/mol. The highest BCUT2D eigenvalue weighted by Crippen LogP contribution is 2.39. The first kappa shape index (κ1) is 22.0. The van der Waals surface area contributed by atoms with Crippen molar-refractivity contribution in [1.82, 2.24) is 15.2 Å². The van der Waals surface area contributed by atoms with Crippen LogP contribution < -0.4 is 10.1 Å². The Bertz CT molecular complexity index is 1030. The summed E-state index contributed by atoms with van der Waals surface area (Å²) in [7, 11) is 1.53. The molecule has 32 heavy (non-hydrogen) atoms. The number of ether oxygens (including phenoxy) is 2. The summed E-state index contributed by atoms with van der Waals surface area (Å²) in [4.78, 5) is 18.1. The standard InChI is InChI=1S/C21H21F3N4O4/c1-30-10-14-7-13(9-28(14)11-25)27-19(29)20-26-8-18(32-20)16-6-12(21(22,23)24)2-5-17(16)31-15-3-4-15/h2,5-6,8,13-15H,3-4,7,9-10H2,1H3,(H,27,29)/t13-,14+/m1/s1. The average Bonchev–Trinajstić information content (AvgIpc) is 3.27. The molecular formula is C21H21F3N4O4. The fourth-order valence-corrected chi connectivity index (χ4v) is 3.61. The Morgan fingerprint density at radius 2 is 2.19 bits per heavy atom. The van der Waals surface area contributed by atoms with E-state index in [1.165, 1.54) is 24.3 Å². The smallest absolute Gasteiger partial charge is 0.416 e. The largest absolute Gasteiger partial charge is 0.490 e. The van der Waals surface area contributed by atoms with Crippen molar-refractivity contribution in [1.29, 1.82) is 5.26 Å². The minimum atomic E-state index is -4.54. The Kier molecular flexibility index (Phi) is 5.97. The molecule has 1 saturated carbocycles. The minimum Gasteiger partial charge on any atom is -0.490 e. The Labute approximate surface area is 181 Å². The summed E-state index contributed by atoms with van der Waals surface area (Å²) in [5.41, 5.74) is -0.778. The number of amides is 1. The van der Waals surface area contributed by atoms with Crippen molar-refractivity contribution in [2.24, 2.45) is 0 Å². The topological polar surface area (TPSA) is 101 Å². The molecule has 8 nitrogen and oxygen atoms in total. The lowest BCUT2D eigenvalue weighted by Crippen LogP contribution is -2.36. The van der Waals surface area contributed by atoms with Crippen LogP contribution in [0.25, 0.3) is 11.3 Å². The molecule has 2 aromatic rings. The SMILES string of the molecule is COC[C@@H]1C[C@@H](NC(=O)c2ncc(-c3cc(C(F)(F)F)ccc3OC3CC3)o2)CN1C#N. The number of nitrogens with one attached hydrogen (secondary N) is 1. The highest BCUT2D eigenvalue weighted by Gasteiger charge is 2.35. The number of benzene rings is 1. The van der Waals surface area contributed by atoms with E-state index in [0.29, 0.717) is 19.6 Å². The van der Waals surface area contributed by atoms with Crippen LogP contribution in [-0.2, 0) is 10.9 Å². The van der Waals surface area contributed by atoms with Gasteiger partial charge < -0.3 is 24.1 Å². The van der Waals surface area contributed by atoms with Gasteiger partial charge in [-0.15, -0.1) is 0 Å². The molecule has 1 amide bonds. The summed E-state index contributed by atoms with van der Waals surface area (Å²) < 4.78 is 55.9. The number of aromatic nitrogens is 1. The number of alkyl halides is 3. The predicted octanol–water partition coefficient (Wildman–Crippen LogP) is 3.20. The maximum atomic E-state index is 13.2. The minimum absolute atomic E-state index is 0.000710. The van der Waals surface area contributed by atoms with Crippen LogP contribution in [0.5, 0.6) is 5.75 Å². The number of nitriles is 1. The van der Waals surface area contributed by atoms with Crippen LogP contribution in [0.1, 0.15) is 35.5 Å². The Morgan fingerprint density at radius 1 is 1.41 bits per heavy atom. The van der Waals surface area contributed by atoms with Crippen LogP contribution in [0, 0.1) is 11.5 Å². The van der Waals surface area contributed by atoms with Gasteiger partial charge in [-0.2, -0.15) is 18.4 Å². The molecule has 11 heteroatoms. The highest BCUT2D eigenvalue weighted by molar-refractivity contribution is 5.90. The van der Waals surface area contributed by atoms with E-state index < -0.39 is 17.6 Å². The van der Waals surface area contributed by atoms with Crippen molar-refractivity contribution in [3.05, 3.63) is 35.9 Å². The Morgan fingerprint density at radius 3 is 2.84 bits per heavy atom. The van der Waals surface area contributed by atoms with Crippen molar-refractivity contribution >= 4 is 5.91 Å². The van der Waals surface area contributed by atoms with Gasteiger partial charge in [-0.25, -0.2) is 4.98 Å². The number of hydrogen-bond acceptors (Lipinski definition) is 7. The number of nitrogens with zero attached hydrogens (tertiary/aromatic N) is 3. The molecule has 1 aliphatic heterocycles.